The van der Waals surface area contributed by atoms with Crippen molar-refractivity contribution in [1.82, 2.24) is 25.3 Å². The Morgan fingerprint density at radius 1 is 0.863 bits per heavy atom. The topological polar surface area (TPSA) is 274 Å². The molecule has 2 aromatic heterocycles. The van der Waals surface area contributed by atoms with Gasteiger partial charge in [-0.3, -0.25) is 19.4 Å². The average molecular weight is 691 g/mol. The van der Waals surface area contributed by atoms with Gasteiger partial charge in [0.05, 0.1) is 18.4 Å². The number of benzene rings is 3. The molecule has 16 nitrogen and oxygen atoms in total. The highest BCUT2D eigenvalue weighted by atomic mass is 16.4. The molecule has 16 heteroatoms. The van der Waals surface area contributed by atoms with Crippen LogP contribution in [0.15, 0.2) is 101 Å². The van der Waals surface area contributed by atoms with Gasteiger partial charge in [-0.2, -0.15) is 10.2 Å². The molecule has 0 radical (unpaired) electrons. The number of hydrogen-bond donors (Lipinski definition) is 7. The van der Waals surface area contributed by atoms with Crippen molar-refractivity contribution in [2.45, 2.75) is 25.4 Å². The predicted molar refractivity (Wildman–Crippen MR) is 184 cm³/mol. The zero-order chi connectivity index (χ0) is 36.9. The second kappa shape index (κ2) is 17.1. The van der Waals surface area contributed by atoms with E-state index in [1.807, 2.05) is 36.4 Å². The van der Waals surface area contributed by atoms with E-state index in [1.54, 1.807) is 42.5 Å². The van der Waals surface area contributed by atoms with Gasteiger partial charge in [-0.25, -0.2) is 19.6 Å². The van der Waals surface area contributed by atoms with Crippen molar-refractivity contribution in [2.75, 3.05) is 11.1 Å². The van der Waals surface area contributed by atoms with Crippen LogP contribution in [-0.4, -0.2) is 65.1 Å². The van der Waals surface area contributed by atoms with E-state index in [2.05, 4.69) is 30.6 Å². The van der Waals surface area contributed by atoms with E-state index in [-0.39, 0.29) is 47.6 Å². The maximum absolute atomic E-state index is 12.3. The van der Waals surface area contributed by atoms with Gasteiger partial charge in [-0.15, -0.1) is 0 Å². The summed E-state index contributed by atoms with van der Waals surface area (Å²) in [5.74, 6) is -4.37. The Morgan fingerprint density at radius 3 is 2.00 bits per heavy atom. The maximum atomic E-state index is 12.3. The van der Waals surface area contributed by atoms with Crippen molar-refractivity contribution in [3.05, 3.63) is 129 Å². The normalized spacial score (nSPS) is 10.8. The zero-order valence-electron chi connectivity index (χ0n) is 26.6. The average Bonchev–Trinajstić information content (AvgIpc) is 3.12. The lowest BCUT2D eigenvalue weighted by Crippen LogP contribution is -2.41. The van der Waals surface area contributed by atoms with Crippen LogP contribution in [0.4, 0.5) is 11.6 Å². The van der Waals surface area contributed by atoms with E-state index < -0.39 is 35.4 Å². The summed E-state index contributed by atoms with van der Waals surface area (Å²) in [6, 6.07) is 24.8. The number of anilines is 2. The third-order valence-corrected chi connectivity index (χ3v) is 7.06. The summed E-state index contributed by atoms with van der Waals surface area (Å²) >= 11 is 0. The molecule has 0 saturated heterocycles. The molecule has 2 heterocycles. The van der Waals surface area contributed by atoms with Gasteiger partial charge in [-0.1, -0.05) is 60.7 Å². The minimum Gasteiger partial charge on any atom is -0.481 e. The second-order valence-electron chi connectivity index (χ2n) is 10.6. The fraction of sp³-hybridized carbons (Fsp3) is 0.114. The van der Waals surface area contributed by atoms with E-state index in [9.17, 15) is 29.1 Å². The van der Waals surface area contributed by atoms with Gasteiger partial charge in [0.1, 0.15) is 17.7 Å². The number of H-pyrrole nitrogens is 1. The summed E-state index contributed by atoms with van der Waals surface area (Å²) in [5.41, 5.74) is 8.09. The molecule has 8 N–H and O–H groups in total. The van der Waals surface area contributed by atoms with Crippen LogP contribution < -0.4 is 21.9 Å². The minimum absolute atomic E-state index is 0.0524. The monoisotopic (exact) mass is 690 g/mol. The molecule has 0 bridgehead atoms. The smallest absolute Gasteiger partial charge is 0.347 e. The molecular formula is C35H30N8O8. The molecule has 0 spiro atoms. The van der Waals surface area contributed by atoms with Crippen molar-refractivity contribution in [2.24, 2.45) is 0 Å². The number of aromatic amines is 1. The molecule has 1 amide bonds. The van der Waals surface area contributed by atoms with Crippen molar-refractivity contribution in [3.63, 3.8) is 0 Å². The third kappa shape index (κ3) is 10.0. The Morgan fingerprint density at radius 2 is 1.47 bits per heavy atom. The van der Waals surface area contributed by atoms with Crippen molar-refractivity contribution in [3.8, 4) is 6.07 Å². The molecule has 0 fully saturated rings. The third-order valence-electron chi connectivity index (χ3n) is 7.06. The molecule has 1 atom stereocenters. The molecule has 0 aliphatic heterocycles. The second-order valence-corrected chi connectivity index (χ2v) is 10.6. The summed E-state index contributed by atoms with van der Waals surface area (Å²) in [6.45, 7) is 0.231. The van der Waals surface area contributed by atoms with Crippen molar-refractivity contribution < 1.29 is 34.5 Å². The van der Waals surface area contributed by atoms with Crippen LogP contribution in [0.3, 0.4) is 0 Å². The lowest BCUT2D eigenvalue weighted by Gasteiger charge is -2.14. The number of hydrogen-bond acceptors (Lipinski definition) is 11. The highest BCUT2D eigenvalue weighted by Gasteiger charge is 2.22. The van der Waals surface area contributed by atoms with Crippen LogP contribution in [-0.2, 0) is 20.9 Å². The summed E-state index contributed by atoms with van der Waals surface area (Å²) in [5, 5.41) is 41.5. The number of nitrogens with zero attached hydrogens (tertiary/aromatic N) is 4. The molecule has 0 aliphatic carbocycles. The Kier molecular flexibility index (Phi) is 12.2. The number of nitrogens with one attached hydrogen (secondary N) is 3. The highest BCUT2D eigenvalue weighted by Crippen LogP contribution is 2.26. The molecular weight excluding hydrogens is 660 g/mol. The number of carbonyl (C=O) groups excluding carboxylic acids is 1. The molecule has 0 aliphatic rings. The highest BCUT2D eigenvalue weighted by molar-refractivity contribution is 6.04. The molecule has 5 rings (SSSR count). The summed E-state index contributed by atoms with van der Waals surface area (Å²) in [6.07, 6.45) is 0.840. The quantitative estimate of drug-likeness (QED) is 0.0732. The lowest BCUT2D eigenvalue weighted by molar-refractivity contribution is -0.140. The number of nitrogens with two attached hydrogens (primary N) is 1. The molecule has 0 unspecified atom stereocenters. The lowest BCUT2D eigenvalue weighted by atomic mass is 9.93. The van der Waals surface area contributed by atoms with Crippen LogP contribution >= 0.6 is 0 Å². The van der Waals surface area contributed by atoms with Crippen molar-refractivity contribution in [1.29, 1.82) is 5.26 Å². The first kappa shape index (κ1) is 36.4. The summed E-state index contributed by atoms with van der Waals surface area (Å²) in [7, 11) is 0. The van der Waals surface area contributed by atoms with Crippen LogP contribution in [0.2, 0.25) is 0 Å². The van der Waals surface area contributed by atoms with Crippen LogP contribution in [0, 0.1) is 11.3 Å². The first-order valence-corrected chi connectivity index (χ1v) is 15.1. The van der Waals surface area contributed by atoms with Crippen LogP contribution in [0.25, 0.3) is 16.7 Å². The first-order valence-electron chi connectivity index (χ1n) is 15.1. The number of rotatable bonds is 12. The number of nitrogen functional groups attached to an aromatic ring is 1. The zero-order valence-corrected chi connectivity index (χ0v) is 26.6. The van der Waals surface area contributed by atoms with Crippen LogP contribution in [0.5, 0.6) is 0 Å². The first-order chi connectivity index (χ1) is 24.5. The van der Waals surface area contributed by atoms with Gasteiger partial charge >= 0.3 is 17.9 Å². The maximum Gasteiger partial charge on any atom is 0.347 e. The van der Waals surface area contributed by atoms with E-state index in [0.717, 1.165) is 0 Å². The number of carbonyl (C=O) groups is 4. The van der Waals surface area contributed by atoms with Crippen LogP contribution in [0.1, 0.15) is 40.0 Å². The molecule has 5 aromatic rings. The van der Waals surface area contributed by atoms with Gasteiger partial charge in [-0.05, 0) is 41.8 Å². The van der Waals surface area contributed by atoms with Gasteiger partial charge in [0.15, 0.2) is 11.2 Å². The largest absolute Gasteiger partial charge is 0.481 e. The number of aliphatic carboxylic acids is 3. The molecule has 51 heavy (non-hydrogen) atoms. The Balaban J connectivity index is 0.000000261. The number of carboxylic acids is 3. The van der Waals surface area contributed by atoms with E-state index in [4.69, 9.17) is 21.2 Å². The Labute approximate surface area is 289 Å². The number of carboxylic acid groups (broad SMARTS) is 3. The Hall–Kier alpha value is -7.41. The molecule has 0 saturated carbocycles. The number of nitriles is 1. The molecule has 258 valence electrons. The fourth-order valence-corrected chi connectivity index (χ4v) is 4.63. The predicted octanol–water partition coefficient (Wildman–Crippen LogP) is 3.05. The van der Waals surface area contributed by atoms with Gasteiger partial charge in [0, 0.05) is 23.2 Å². The summed E-state index contributed by atoms with van der Waals surface area (Å²) in [4.78, 5) is 71.8. The standard InChI is InChI=1S/C19H19N7O6.C16H11NO2/c20-19-25-15-14(17(30)26-19)23-11(8-22-15)7-21-10-3-1-9(2-4-10)16(29)24-12(18(31)32)5-6-13(27)28;17-11-14(16(18)19)15(12-7-3-1-4-8-12)13-9-5-2-6-10-13/h1-4,8,12,21H,5-7H2,(H,24,29)(H,27,28)(H,31,32)(H3,20,22,25,26,30);1-10H,(H,18,19)/t12-;/m0./s1. The van der Waals surface area contributed by atoms with Gasteiger partial charge < -0.3 is 31.7 Å². The van der Waals surface area contributed by atoms with Gasteiger partial charge in [0.25, 0.3) is 11.5 Å². The minimum atomic E-state index is -1.31. The number of amides is 1. The molecule has 3 aromatic carbocycles. The Bertz CT molecular complexity index is 2140. The van der Waals surface area contributed by atoms with E-state index >= 15 is 0 Å². The number of aromatic nitrogens is 4. The van der Waals surface area contributed by atoms with Gasteiger partial charge in [0.2, 0.25) is 5.95 Å². The van der Waals surface area contributed by atoms with Crippen molar-refractivity contribution >= 4 is 52.2 Å². The van der Waals surface area contributed by atoms with E-state index in [0.29, 0.717) is 28.1 Å². The van der Waals surface area contributed by atoms with E-state index in [1.165, 1.54) is 18.3 Å². The SMILES string of the molecule is N#CC(C(=O)O)=C(c1ccccc1)c1ccccc1.Nc1nc2ncc(CNc3ccc(C(=O)N[C@@H](CCC(=O)O)C(=O)O)cc3)nc2c(=O)[nH]1. The summed E-state index contributed by atoms with van der Waals surface area (Å²) < 4.78 is 0. The fourth-order valence-electron chi connectivity index (χ4n) is 4.63. The number of fused-ring (bicyclic) bond motifs is 1.